The predicted molar refractivity (Wildman–Crippen MR) is 99.7 cm³/mol. The second kappa shape index (κ2) is 8.53. The Bertz CT molecular complexity index is 692. The van der Waals surface area contributed by atoms with Gasteiger partial charge in [-0.3, -0.25) is 9.69 Å². The Labute approximate surface area is 162 Å². The third-order valence-electron chi connectivity index (χ3n) is 5.44. The topological polar surface area (TPSA) is 64.6 Å². The number of hydrogen-bond acceptors (Lipinski definition) is 4. The van der Waals surface area contributed by atoms with Crippen LogP contribution in [0, 0.1) is 0 Å². The van der Waals surface area contributed by atoms with Crippen molar-refractivity contribution in [2.45, 2.75) is 50.0 Å². The van der Waals surface area contributed by atoms with Crippen LogP contribution in [0.4, 0.5) is 13.2 Å². The van der Waals surface area contributed by atoms with Crippen molar-refractivity contribution in [3.05, 3.63) is 47.7 Å². The highest BCUT2D eigenvalue weighted by atomic mass is 19.4. The maximum atomic E-state index is 12.6. The van der Waals surface area contributed by atoms with Crippen molar-refractivity contribution in [3.63, 3.8) is 0 Å². The van der Waals surface area contributed by atoms with Crippen LogP contribution in [0.15, 0.2) is 36.5 Å². The average molecular weight is 397 g/mol. The Balaban J connectivity index is 1.36. The van der Waals surface area contributed by atoms with E-state index in [0.717, 1.165) is 50.9 Å². The summed E-state index contributed by atoms with van der Waals surface area (Å²) in [6, 6.07) is 4.94. The Morgan fingerprint density at radius 2 is 1.75 bits per heavy atom. The number of hydrogen-bond donors (Lipinski definition) is 3. The van der Waals surface area contributed by atoms with Gasteiger partial charge in [0.25, 0.3) is 5.91 Å². The van der Waals surface area contributed by atoms with Crippen LogP contribution in [0.2, 0.25) is 0 Å². The van der Waals surface area contributed by atoms with E-state index in [1.54, 1.807) is 0 Å². The molecule has 1 heterocycles. The number of benzene rings is 1. The molecule has 1 amide bonds. The van der Waals surface area contributed by atoms with E-state index in [9.17, 15) is 23.1 Å². The molecule has 2 aliphatic rings. The highest BCUT2D eigenvalue weighted by Gasteiger charge is 2.34. The lowest BCUT2D eigenvalue weighted by Gasteiger charge is -2.46. The highest BCUT2D eigenvalue weighted by Crippen LogP contribution is 2.29. The number of aliphatic hydroxyl groups is 1. The molecule has 1 aliphatic carbocycles. The fraction of sp³-hybridized carbons (Fsp3) is 0.550. The minimum absolute atomic E-state index is 0.153. The lowest BCUT2D eigenvalue weighted by Crippen LogP contribution is -2.61. The molecule has 0 atom stereocenters. The fourth-order valence-corrected chi connectivity index (χ4v) is 3.76. The molecule has 154 valence electrons. The van der Waals surface area contributed by atoms with Crippen LogP contribution < -0.4 is 10.6 Å². The molecule has 5 nitrogen and oxygen atoms in total. The summed E-state index contributed by atoms with van der Waals surface area (Å²) in [6.07, 6.45) is -0.791. The van der Waals surface area contributed by atoms with Gasteiger partial charge in [0, 0.05) is 30.4 Å². The molecule has 0 bridgehead atoms. The van der Waals surface area contributed by atoms with Crippen molar-refractivity contribution >= 4 is 5.91 Å². The van der Waals surface area contributed by atoms with E-state index < -0.39 is 17.6 Å². The van der Waals surface area contributed by atoms with E-state index >= 15 is 0 Å². The largest absolute Gasteiger partial charge is 0.416 e. The van der Waals surface area contributed by atoms with Crippen molar-refractivity contribution in [2.24, 2.45) is 0 Å². The van der Waals surface area contributed by atoms with Crippen molar-refractivity contribution in [2.75, 3.05) is 19.6 Å². The Hall–Kier alpha value is -2.06. The van der Waals surface area contributed by atoms with Gasteiger partial charge in [-0.1, -0.05) is 6.58 Å². The number of amides is 1. The first-order valence-electron chi connectivity index (χ1n) is 9.54. The van der Waals surface area contributed by atoms with Gasteiger partial charge in [0.05, 0.1) is 24.3 Å². The number of rotatable bonds is 6. The van der Waals surface area contributed by atoms with Gasteiger partial charge in [-0.05, 0) is 49.9 Å². The predicted octanol–water partition coefficient (Wildman–Crippen LogP) is 2.53. The van der Waals surface area contributed by atoms with Gasteiger partial charge in [-0.15, -0.1) is 0 Å². The number of carbonyl (C=O) groups is 1. The fourth-order valence-electron chi connectivity index (χ4n) is 3.76. The molecule has 0 aromatic heterocycles. The molecule has 3 rings (SSSR count). The number of halogens is 3. The first kappa shape index (κ1) is 20.7. The normalized spacial score (nSPS) is 23.7. The molecule has 1 aliphatic heterocycles. The van der Waals surface area contributed by atoms with E-state index in [4.69, 9.17) is 0 Å². The zero-order chi connectivity index (χ0) is 20.3. The third kappa shape index (κ3) is 5.26. The van der Waals surface area contributed by atoms with Gasteiger partial charge in [0.1, 0.15) is 0 Å². The molecular weight excluding hydrogens is 371 g/mol. The molecule has 0 spiro atoms. The summed E-state index contributed by atoms with van der Waals surface area (Å²) in [4.78, 5) is 14.5. The quantitative estimate of drug-likeness (QED) is 0.690. The molecule has 0 unspecified atom stereocenters. The molecule has 0 radical (unpaired) electrons. The van der Waals surface area contributed by atoms with Crippen LogP contribution in [0.3, 0.4) is 0 Å². The smallest absolute Gasteiger partial charge is 0.393 e. The number of likely N-dealkylation sites (tertiary alicyclic amines) is 1. The van der Waals surface area contributed by atoms with Crippen LogP contribution in [-0.4, -0.2) is 53.7 Å². The lowest BCUT2D eigenvalue weighted by atomic mass is 9.89. The maximum absolute atomic E-state index is 12.6. The van der Waals surface area contributed by atoms with Gasteiger partial charge in [0.2, 0.25) is 0 Å². The van der Waals surface area contributed by atoms with Crippen LogP contribution in [0.25, 0.3) is 0 Å². The maximum Gasteiger partial charge on any atom is 0.416 e. The van der Waals surface area contributed by atoms with Crippen LogP contribution in [0.1, 0.15) is 41.6 Å². The summed E-state index contributed by atoms with van der Waals surface area (Å²) < 4.78 is 37.7. The molecule has 1 aromatic rings. The summed E-state index contributed by atoms with van der Waals surface area (Å²) in [6.45, 7) is 5.94. The Morgan fingerprint density at radius 3 is 2.32 bits per heavy atom. The van der Waals surface area contributed by atoms with E-state index in [-0.39, 0.29) is 24.3 Å². The number of carbonyl (C=O) groups excluding carboxylic acids is 1. The SMILES string of the molecule is C=C(CNC(=O)c1ccc(C(F)(F)F)cc1)NC1CN([C@H]2CC[C@H](O)CC2)C1. The minimum atomic E-state index is -4.42. The standard InChI is InChI=1S/C20H26F3N3O2/c1-13(25-16-11-26(12-16)17-6-8-18(27)9-7-17)10-24-19(28)14-2-4-15(5-3-14)20(21,22)23/h2-5,16-18,25,27H,1,6-12H2,(H,24,28)/t17-,18-. The van der Waals surface area contributed by atoms with Crippen molar-refractivity contribution < 1.29 is 23.1 Å². The lowest BCUT2D eigenvalue weighted by molar-refractivity contribution is -0.137. The van der Waals surface area contributed by atoms with Gasteiger partial charge in [-0.2, -0.15) is 13.2 Å². The molecule has 2 fully saturated rings. The van der Waals surface area contributed by atoms with E-state index in [1.165, 1.54) is 12.1 Å². The van der Waals surface area contributed by atoms with Crippen molar-refractivity contribution in [3.8, 4) is 0 Å². The summed E-state index contributed by atoms with van der Waals surface area (Å²) in [5, 5.41) is 15.5. The minimum Gasteiger partial charge on any atom is -0.393 e. The zero-order valence-corrected chi connectivity index (χ0v) is 15.6. The first-order valence-corrected chi connectivity index (χ1v) is 9.54. The van der Waals surface area contributed by atoms with Crippen molar-refractivity contribution in [1.82, 2.24) is 15.5 Å². The molecule has 28 heavy (non-hydrogen) atoms. The summed E-state index contributed by atoms with van der Waals surface area (Å²) in [7, 11) is 0. The molecule has 1 aromatic carbocycles. The Morgan fingerprint density at radius 1 is 1.14 bits per heavy atom. The zero-order valence-electron chi connectivity index (χ0n) is 15.6. The van der Waals surface area contributed by atoms with Gasteiger partial charge >= 0.3 is 6.18 Å². The highest BCUT2D eigenvalue weighted by molar-refractivity contribution is 5.94. The van der Waals surface area contributed by atoms with E-state index in [2.05, 4.69) is 22.1 Å². The van der Waals surface area contributed by atoms with Gasteiger partial charge in [-0.25, -0.2) is 0 Å². The number of alkyl halides is 3. The van der Waals surface area contributed by atoms with Gasteiger partial charge in [0.15, 0.2) is 0 Å². The molecular formula is C20H26F3N3O2. The molecule has 3 N–H and O–H groups in total. The van der Waals surface area contributed by atoms with Crippen molar-refractivity contribution in [1.29, 1.82) is 0 Å². The second-order valence-corrected chi connectivity index (χ2v) is 7.62. The van der Waals surface area contributed by atoms with Crippen LogP contribution in [-0.2, 0) is 6.18 Å². The summed E-state index contributed by atoms with van der Waals surface area (Å²) >= 11 is 0. The number of nitrogens with zero attached hydrogens (tertiary/aromatic N) is 1. The molecule has 1 saturated carbocycles. The van der Waals surface area contributed by atoms with Gasteiger partial charge < -0.3 is 15.7 Å². The molecule has 8 heteroatoms. The third-order valence-corrected chi connectivity index (χ3v) is 5.44. The average Bonchev–Trinajstić information content (AvgIpc) is 2.63. The van der Waals surface area contributed by atoms with Crippen LogP contribution in [0.5, 0.6) is 0 Å². The van der Waals surface area contributed by atoms with E-state index in [0.29, 0.717) is 11.7 Å². The summed E-state index contributed by atoms with van der Waals surface area (Å²) in [5.74, 6) is -0.437. The molecule has 1 saturated heterocycles. The monoisotopic (exact) mass is 397 g/mol. The van der Waals surface area contributed by atoms with Crippen LogP contribution >= 0.6 is 0 Å². The number of nitrogens with one attached hydrogen (secondary N) is 2. The summed E-state index contributed by atoms with van der Waals surface area (Å²) in [5.41, 5.74) is 0.0659. The second-order valence-electron chi connectivity index (χ2n) is 7.62. The Kier molecular flexibility index (Phi) is 6.30. The van der Waals surface area contributed by atoms with E-state index in [1.807, 2.05) is 0 Å². The number of aliphatic hydroxyl groups excluding tert-OH is 1. The first-order chi connectivity index (χ1) is 13.2.